The minimum atomic E-state index is -0.301. The van der Waals surface area contributed by atoms with Gasteiger partial charge in [0.15, 0.2) is 6.61 Å². The summed E-state index contributed by atoms with van der Waals surface area (Å²) < 4.78 is 6.61. The molecular formula is C17H13BrN2O2S. The van der Waals surface area contributed by atoms with Crippen LogP contribution in [0.15, 0.2) is 63.5 Å². The number of carbonyl (C=O) groups is 1. The summed E-state index contributed by atoms with van der Waals surface area (Å²) in [5, 5.41) is 7.85. The van der Waals surface area contributed by atoms with E-state index < -0.39 is 0 Å². The van der Waals surface area contributed by atoms with Gasteiger partial charge in [0.1, 0.15) is 5.75 Å². The quantitative estimate of drug-likeness (QED) is 0.526. The van der Waals surface area contributed by atoms with Crippen molar-refractivity contribution < 1.29 is 9.53 Å². The summed E-state index contributed by atoms with van der Waals surface area (Å²) in [7, 11) is 0. The van der Waals surface area contributed by atoms with Crippen LogP contribution in [0.5, 0.6) is 5.75 Å². The lowest BCUT2D eigenvalue weighted by atomic mass is 10.1. The van der Waals surface area contributed by atoms with Gasteiger partial charge in [-0.1, -0.05) is 46.3 Å². The summed E-state index contributed by atoms with van der Waals surface area (Å²) in [4.78, 5) is 12.8. The normalized spacial score (nSPS) is 11.0. The minimum absolute atomic E-state index is 0.0899. The zero-order valence-corrected chi connectivity index (χ0v) is 14.4. The average molecular weight is 389 g/mol. The molecule has 2 aromatic carbocycles. The molecule has 0 saturated carbocycles. The highest BCUT2D eigenvalue weighted by Crippen LogP contribution is 2.31. The molecule has 1 heterocycles. The zero-order chi connectivity index (χ0) is 16.1. The third-order valence-corrected chi connectivity index (χ3v) is 4.61. The number of benzene rings is 2. The number of fused-ring (bicyclic) bond motifs is 1. The molecule has 0 radical (unpaired) electrons. The Morgan fingerprint density at radius 2 is 2.00 bits per heavy atom. The lowest BCUT2D eigenvalue weighted by Crippen LogP contribution is -2.24. The average Bonchev–Trinajstić information content (AvgIpc) is 3.08. The fraction of sp³-hybridized carbons (Fsp3) is 0.0588. The summed E-state index contributed by atoms with van der Waals surface area (Å²) in [6.07, 6.45) is 1.61. The van der Waals surface area contributed by atoms with E-state index in [1.165, 1.54) is 0 Å². The smallest absolute Gasteiger partial charge is 0.277 e. The number of carbonyl (C=O) groups excluding carboxylic acids is 1. The molecule has 0 unspecified atom stereocenters. The number of hydrazone groups is 1. The second-order valence-electron chi connectivity index (χ2n) is 4.69. The molecule has 1 aromatic heterocycles. The summed E-state index contributed by atoms with van der Waals surface area (Å²) in [5.41, 5.74) is 2.45. The van der Waals surface area contributed by atoms with Crippen molar-refractivity contribution in [3.63, 3.8) is 0 Å². The highest BCUT2D eigenvalue weighted by Gasteiger charge is 2.07. The fourth-order valence-electron chi connectivity index (χ4n) is 2.07. The van der Waals surface area contributed by atoms with Gasteiger partial charge in [0.2, 0.25) is 0 Å². The van der Waals surface area contributed by atoms with Crippen molar-refractivity contribution in [3.05, 3.63) is 63.3 Å². The molecule has 0 aliphatic rings. The molecule has 0 aliphatic heterocycles. The summed E-state index contributed by atoms with van der Waals surface area (Å²) in [6, 6.07) is 15.5. The van der Waals surface area contributed by atoms with Crippen LogP contribution < -0.4 is 10.2 Å². The van der Waals surface area contributed by atoms with Gasteiger partial charge in [-0.3, -0.25) is 4.79 Å². The topological polar surface area (TPSA) is 50.7 Å². The standard InChI is InChI=1S/C17H13BrN2O2S/c18-15-7-8-16(14-6-2-1-5-13(14)15)22-11-17(21)20-19-10-12-4-3-9-23-12/h1-10H,11H2,(H,20,21). The molecule has 0 spiro atoms. The number of nitrogens with zero attached hydrogens (tertiary/aromatic N) is 1. The van der Waals surface area contributed by atoms with Gasteiger partial charge in [-0.2, -0.15) is 5.10 Å². The summed E-state index contributed by atoms with van der Waals surface area (Å²) >= 11 is 5.06. The molecule has 3 rings (SSSR count). The van der Waals surface area contributed by atoms with E-state index in [1.54, 1.807) is 17.6 Å². The van der Waals surface area contributed by atoms with Crippen molar-refractivity contribution in [2.24, 2.45) is 5.10 Å². The second kappa shape index (κ2) is 7.39. The van der Waals surface area contributed by atoms with Crippen LogP contribution in [-0.4, -0.2) is 18.7 Å². The predicted octanol–water partition coefficient (Wildman–Crippen LogP) is 4.19. The minimum Gasteiger partial charge on any atom is -0.483 e. The predicted molar refractivity (Wildman–Crippen MR) is 97.2 cm³/mol. The molecular weight excluding hydrogens is 376 g/mol. The van der Waals surface area contributed by atoms with Crippen LogP contribution in [0, 0.1) is 0 Å². The first-order valence-corrected chi connectivity index (χ1v) is 8.57. The largest absolute Gasteiger partial charge is 0.483 e. The van der Waals surface area contributed by atoms with E-state index >= 15 is 0 Å². The first-order valence-electron chi connectivity index (χ1n) is 6.89. The molecule has 23 heavy (non-hydrogen) atoms. The highest BCUT2D eigenvalue weighted by molar-refractivity contribution is 9.10. The Balaban J connectivity index is 1.62. The number of nitrogens with one attached hydrogen (secondary N) is 1. The lowest BCUT2D eigenvalue weighted by Gasteiger charge is -2.09. The van der Waals surface area contributed by atoms with Crippen molar-refractivity contribution in [3.8, 4) is 5.75 Å². The maximum absolute atomic E-state index is 11.8. The Hall–Kier alpha value is -2.18. The first kappa shape index (κ1) is 15.7. The van der Waals surface area contributed by atoms with Crippen LogP contribution in [0.4, 0.5) is 0 Å². The van der Waals surface area contributed by atoms with Crippen LogP contribution in [-0.2, 0) is 4.79 Å². The van der Waals surface area contributed by atoms with Gasteiger partial charge in [0, 0.05) is 14.7 Å². The Labute approximate surface area is 145 Å². The SMILES string of the molecule is O=C(COc1ccc(Br)c2ccccc12)NN=Cc1cccs1. The monoisotopic (exact) mass is 388 g/mol. The summed E-state index contributed by atoms with van der Waals surface area (Å²) in [5.74, 6) is 0.367. The Bertz CT molecular complexity index is 847. The van der Waals surface area contributed by atoms with Crippen LogP contribution in [0.1, 0.15) is 4.88 Å². The molecule has 4 nitrogen and oxygen atoms in total. The van der Waals surface area contributed by atoms with Gasteiger partial charge in [-0.05, 0) is 29.0 Å². The molecule has 3 aromatic rings. The van der Waals surface area contributed by atoms with Crippen LogP contribution in [0.2, 0.25) is 0 Å². The van der Waals surface area contributed by atoms with Crippen molar-refractivity contribution in [2.45, 2.75) is 0 Å². The van der Waals surface area contributed by atoms with Crippen LogP contribution >= 0.6 is 27.3 Å². The molecule has 0 aliphatic carbocycles. The number of halogens is 1. The first-order chi connectivity index (χ1) is 11.2. The molecule has 0 fully saturated rings. The van der Waals surface area contributed by atoms with Gasteiger partial charge >= 0.3 is 0 Å². The van der Waals surface area contributed by atoms with Crippen LogP contribution in [0.3, 0.4) is 0 Å². The van der Waals surface area contributed by atoms with Crippen molar-refractivity contribution in [1.29, 1.82) is 0 Å². The molecule has 0 bridgehead atoms. The van der Waals surface area contributed by atoms with Crippen molar-refractivity contribution in [2.75, 3.05) is 6.61 Å². The number of ether oxygens (including phenoxy) is 1. The van der Waals surface area contributed by atoms with Crippen molar-refractivity contribution in [1.82, 2.24) is 5.43 Å². The molecule has 1 N–H and O–H groups in total. The Morgan fingerprint density at radius 1 is 1.17 bits per heavy atom. The van der Waals surface area contributed by atoms with E-state index in [1.807, 2.05) is 53.9 Å². The third-order valence-electron chi connectivity index (χ3n) is 3.11. The second-order valence-corrected chi connectivity index (χ2v) is 6.52. The maximum Gasteiger partial charge on any atom is 0.277 e. The molecule has 1 amide bonds. The lowest BCUT2D eigenvalue weighted by molar-refractivity contribution is -0.123. The van der Waals surface area contributed by atoms with E-state index in [0.717, 1.165) is 20.1 Å². The molecule has 0 atom stereocenters. The molecule has 116 valence electrons. The van der Waals surface area contributed by atoms with E-state index in [2.05, 4.69) is 26.5 Å². The van der Waals surface area contributed by atoms with Gasteiger partial charge in [0.05, 0.1) is 6.21 Å². The van der Waals surface area contributed by atoms with Gasteiger partial charge in [-0.15, -0.1) is 11.3 Å². The number of hydrogen-bond acceptors (Lipinski definition) is 4. The van der Waals surface area contributed by atoms with Gasteiger partial charge in [0.25, 0.3) is 5.91 Å². The molecule has 6 heteroatoms. The van der Waals surface area contributed by atoms with E-state index in [0.29, 0.717) is 5.75 Å². The van der Waals surface area contributed by atoms with Crippen LogP contribution in [0.25, 0.3) is 10.8 Å². The number of thiophene rings is 1. The summed E-state index contributed by atoms with van der Waals surface area (Å²) in [6.45, 7) is -0.0899. The van der Waals surface area contributed by atoms with Gasteiger partial charge in [-0.25, -0.2) is 5.43 Å². The zero-order valence-electron chi connectivity index (χ0n) is 12.0. The van der Waals surface area contributed by atoms with E-state index in [9.17, 15) is 4.79 Å². The molecule has 0 saturated heterocycles. The number of rotatable bonds is 5. The van der Waals surface area contributed by atoms with Gasteiger partial charge < -0.3 is 4.74 Å². The van der Waals surface area contributed by atoms with Crippen molar-refractivity contribution >= 4 is 50.2 Å². The van der Waals surface area contributed by atoms with E-state index in [4.69, 9.17) is 4.74 Å². The maximum atomic E-state index is 11.8. The third kappa shape index (κ3) is 3.97. The van der Waals surface area contributed by atoms with E-state index in [-0.39, 0.29) is 12.5 Å². The highest BCUT2D eigenvalue weighted by atomic mass is 79.9. The number of amides is 1. The number of hydrogen-bond donors (Lipinski definition) is 1. The Kier molecular flexibility index (Phi) is 5.05. The fourth-order valence-corrected chi connectivity index (χ4v) is 3.13. The Morgan fingerprint density at radius 3 is 2.78 bits per heavy atom.